The lowest BCUT2D eigenvalue weighted by Crippen LogP contribution is -2.55. The molecular weight excluding hydrogens is 372 g/mol. The maximum absolute atomic E-state index is 12.6. The van der Waals surface area contributed by atoms with E-state index in [1.54, 1.807) is 0 Å². The maximum Gasteiger partial charge on any atom is 0.322 e. The molecule has 0 heterocycles. The van der Waals surface area contributed by atoms with Crippen molar-refractivity contribution in [3.8, 4) is 0 Å². The van der Waals surface area contributed by atoms with Gasteiger partial charge in [-0.1, -0.05) is 0 Å². The third-order valence-electron chi connectivity index (χ3n) is 3.72. The second-order valence-electron chi connectivity index (χ2n) is 6.31. The first-order valence-corrected chi connectivity index (χ1v) is 8.92. The van der Waals surface area contributed by atoms with Crippen LogP contribution in [0, 0.1) is 0 Å². The van der Waals surface area contributed by atoms with Gasteiger partial charge in [0, 0.05) is 6.42 Å². The summed E-state index contributed by atoms with van der Waals surface area (Å²) in [6.45, 7) is 1.22. The van der Waals surface area contributed by atoms with Crippen molar-refractivity contribution < 1.29 is 29.1 Å². The zero-order chi connectivity index (χ0) is 21.7. The Hall–Kier alpha value is -2.73. The van der Waals surface area contributed by atoms with E-state index < -0.39 is 54.3 Å². The van der Waals surface area contributed by atoms with Gasteiger partial charge in [0.2, 0.25) is 23.6 Å². The van der Waals surface area contributed by atoms with Gasteiger partial charge in [-0.3, -0.25) is 24.0 Å². The Morgan fingerprint density at radius 1 is 0.929 bits per heavy atom. The van der Waals surface area contributed by atoms with Gasteiger partial charge in [-0.2, -0.15) is 0 Å². The smallest absolute Gasteiger partial charge is 0.322 e. The first-order valence-electron chi connectivity index (χ1n) is 8.92. The molecule has 0 radical (unpaired) electrons. The number of primary amides is 1. The molecule has 0 aliphatic heterocycles. The van der Waals surface area contributed by atoms with Crippen molar-refractivity contribution in [2.75, 3.05) is 13.1 Å². The van der Waals surface area contributed by atoms with Crippen LogP contribution in [-0.2, 0) is 24.0 Å². The summed E-state index contributed by atoms with van der Waals surface area (Å²) in [6.07, 6.45) is 1.12. The fourth-order valence-corrected chi connectivity index (χ4v) is 2.18. The van der Waals surface area contributed by atoms with Crippen molar-refractivity contribution in [1.82, 2.24) is 16.0 Å². The zero-order valence-electron chi connectivity index (χ0n) is 15.9. The highest BCUT2D eigenvalue weighted by Crippen LogP contribution is 2.04. The number of amides is 4. The Labute approximate surface area is 162 Å². The number of carbonyl (C=O) groups excluding carboxylic acids is 4. The number of hydrogen-bond acceptors (Lipinski definition) is 7. The van der Waals surface area contributed by atoms with Gasteiger partial charge in [0.1, 0.15) is 18.6 Å². The molecule has 3 unspecified atom stereocenters. The highest BCUT2D eigenvalue weighted by Gasteiger charge is 2.27. The number of carbonyl (C=O) groups is 5. The highest BCUT2D eigenvalue weighted by atomic mass is 16.4. The number of carboxylic acid groups (broad SMARTS) is 1. The van der Waals surface area contributed by atoms with Crippen molar-refractivity contribution >= 4 is 29.6 Å². The van der Waals surface area contributed by atoms with Crippen LogP contribution in [0.3, 0.4) is 0 Å². The Morgan fingerprint density at radius 2 is 1.50 bits per heavy atom. The lowest BCUT2D eigenvalue weighted by atomic mass is 10.1. The van der Waals surface area contributed by atoms with Crippen molar-refractivity contribution in [3.05, 3.63) is 0 Å². The summed E-state index contributed by atoms with van der Waals surface area (Å²) in [6, 6.07) is -2.99. The molecule has 4 amide bonds. The summed E-state index contributed by atoms with van der Waals surface area (Å²) in [5, 5.41) is 15.7. The zero-order valence-corrected chi connectivity index (χ0v) is 15.9. The van der Waals surface area contributed by atoms with E-state index >= 15 is 0 Å². The Morgan fingerprint density at radius 3 is 2.00 bits per heavy atom. The average Bonchev–Trinajstić information content (AvgIpc) is 2.61. The molecule has 0 aromatic rings. The summed E-state index contributed by atoms with van der Waals surface area (Å²) in [5.41, 5.74) is 16.0. The van der Waals surface area contributed by atoms with Crippen LogP contribution in [0.15, 0.2) is 0 Å². The predicted molar refractivity (Wildman–Crippen MR) is 99.5 cm³/mol. The third kappa shape index (κ3) is 11.1. The SMILES string of the molecule is CC(N)C(=O)NC(CCCCN)C(=O)NC(CCC(N)=O)C(=O)NCC(=O)O. The first-order chi connectivity index (χ1) is 13.1. The number of carboxylic acids is 1. The van der Waals surface area contributed by atoms with Crippen LogP contribution in [0.1, 0.15) is 39.0 Å². The fourth-order valence-electron chi connectivity index (χ4n) is 2.18. The monoisotopic (exact) mass is 402 g/mol. The third-order valence-corrected chi connectivity index (χ3v) is 3.72. The quantitative estimate of drug-likeness (QED) is 0.147. The van der Waals surface area contributed by atoms with Crippen LogP contribution >= 0.6 is 0 Å². The molecule has 3 atom stereocenters. The van der Waals surface area contributed by atoms with Gasteiger partial charge >= 0.3 is 5.97 Å². The highest BCUT2D eigenvalue weighted by molar-refractivity contribution is 5.93. The second-order valence-corrected chi connectivity index (χ2v) is 6.31. The number of nitrogens with two attached hydrogens (primary N) is 3. The van der Waals surface area contributed by atoms with Gasteiger partial charge in [0.25, 0.3) is 0 Å². The van der Waals surface area contributed by atoms with Crippen molar-refractivity contribution in [1.29, 1.82) is 0 Å². The Bertz CT molecular complexity index is 568. The van der Waals surface area contributed by atoms with Gasteiger partial charge < -0.3 is 38.3 Å². The molecule has 160 valence electrons. The molecule has 0 aromatic carbocycles. The van der Waals surface area contributed by atoms with E-state index in [2.05, 4.69) is 16.0 Å². The molecule has 12 nitrogen and oxygen atoms in total. The van der Waals surface area contributed by atoms with Gasteiger partial charge in [0.05, 0.1) is 6.04 Å². The molecule has 0 fully saturated rings. The molecule has 0 rings (SSSR count). The van der Waals surface area contributed by atoms with Gasteiger partial charge in [-0.25, -0.2) is 0 Å². The van der Waals surface area contributed by atoms with Crippen LogP contribution in [0.5, 0.6) is 0 Å². The molecule has 0 saturated carbocycles. The fraction of sp³-hybridized carbons (Fsp3) is 0.688. The van der Waals surface area contributed by atoms with Crippen molar-refractivity contribution in [2.24, 2.45) is 17.2 Å². The van der Waals surface area contributed by atoms with Crippen LogP contribution in [0.25, 0.3) is 0 Å². The molecule has 28 heavy (non-hydrogen) atoms. The lowest BCUT2D eigenvalue weighted by molar-refractivity contribution is -0.138. The normalized spacial score (nSPS) is 13.7. The summed E-state index contributed by atoms with van der Waals surface area (Å²) < 4.78 is 0. The van der Waals surface area contributed by atoms with Gasteiger partial charge in [-0.15, -0.1) is 0 Å². The molecule has 0 aromatic heterocycles. The number of rotatable bonds is 14. The van der Waals surface area contributed by atoms with Crippen molar-refractivity contribution in [3.63, 3.8) is 0 Å². The van der Waals surface area contributed by atoms with E-state index in [1.807, 2.05) is 0 Å². The number of unbranched alkanes of at least 4 members (excludes halogenated alkanes) is 1. The number of aliphatic carboxylic acids is 1. The number of hydrogen-bond donors (Lipinski definition) is 7. The summed E-state index contributed by atoms with van der Waals surface area (Å²) in [5.74, 6) is -3.94. The molecule has 10 N–H and O–H groups in total. The topological polar surface area (TPSA) is 220 Å². The Balaban J connectivity index is 5.16. The molecule has 12 heteroatoms. The van der Waals surface area contributed by atoms with Gasteiger partial charge in [-0.05, 0) is 39.2 Å². The largest absolute Gasteiger partial charge is 0.480 e. The summed E-state index contributed by atoms with van der Waals surface area (Å²) in [7, 11) is 0. The minimum Gasteiger partial charge on any atom is -0.480 e. The molecule has 0 aliphatic rings. The Kier molecular flexibility index (Phi) is 12.1. The summed E-state index contributed by atoms with van der Waals surface area (Å²) in [4.78, 5) is 58.2. The average molecular weight is 402 g/mol. The van der Waals surface area contributed by atoms with Crippen LogP contribution in [0.4, 0.5) is 0 Å². The van der Waals surface area contributed by atoms with Crippen LogP contribution in [0.2, 0.25) is 0 Å². The van der Waals surface area contributed by atoms with Crippen molar-refractivity contribution in [2.45, 2.75) is 57.2 Å². The predicted octanol–water partition coefficient (Wildman–Crippen LogP) is -3.10. The standard InChI is InChI=1S/C16H30N6O6/c1-9(18)14(26)21-10(4-2-3-7-17)16(28)22-11(5-6-12(19)23)15(27)20-8-13(24)25/h9-11H,2-8,17-18H2,1H3,(H2,19,23)(H,20,27)(H,21,26)(H,22,28)(H,24,25). The van der Waals surface area contributed by atoms with E-state index in [0.29, 0.717) is 19.4 Å². The molecular formula is C16H30N6O6. The summed E-state index contributed by atoms with van der Waals surface area (Å²) >= 11 is 0. The number of nitrogens with one attached hydrogen (secondary N) is 3. The van der Waals surface area contributed by atoms with Crippen LogP contribution in [-0.4, -0.2) is 65.9 Å². The molecule has 0 spiro atoms. The maximum atomic E-state index is 12.6. The van der Waals surface area contributed by atoms with E-state index in [4.69, 9.17) is 22.3 Å². The minimum absolute atomic E-state index is 0.122. The first kappa shape index (κ1) is 25.3. The molecule has 0 bridgehead atoms. The lowest BCUT2D eigenvalue weighted by Gasteiger charge is -2.23. The van der Waals surface area contributed by atoms with E-state index in [1.165, 1.54) is 6.92 Å². The minimum atomic E-state index is -1.27. The molecule has 0 saturated heterocycles. The van der Waals surface area contributed by atoms with E-state index in [9.17, 15) is 24.0 Å². The molecule has 0 aliphatic carbocycles. The van der Waals surface area contributed by atoms with E-state index in [0.717, 1.165) is 0 Å². The second kappa shape index (κ2) is 13.4. The van der Waals surface area contributed by atoms with E-state index in [-0.39, 0.29) is 19.3 Å². The van der Waals surface area contributed by atoms with Crippen LogP contribution < -0.4 is 33.2 Å². The van der Waals surface area contributed by atoms with Gasteiger partial charge in [0.15, 0.2) is 0 Å².